The molecule has 3 atom stereocenters. The van der Waals surface area contributed by atoms with Gasteiger partial charge in [0, 0.05) is 11.1 Å². The Kier molecular flexibility index (Phi) is 4.95. The number of aryl methyl sites for hydroxylation is 1. The summed E-state index contributed by atoms with van der Waals surface area (Å²) in [6.45, 7) is 4.46. The van der Waals surface area contributed by atoms with Gasteiger partial charge in [0.2, 0.25) is 0 Å². The number of hydrogen-bond donors (Lipinski definition) is 1. The SMILES string of the molecule is COc1ccc(C)cc1C(N)C1(N(C)C)CCCC(C)C1. The summed E-state index contributed by atoms with van der Waals surface area (Å²) in [5, 5.41) is 0. The monoisotopic (exact) mass is 290 g/mol. The van der Waals surface area contributed by atoms with Gasteiger partial charge < -0.3 is 15.4 Å². The number of methoxy groups -OCH3 is 1. The van der Waals surface area contributed by atoms with Crippen molar-refractivity contribution < 1.29 is 4.74 Å². The van der Waals surface area contributed by atoms with Crippen LogP contribution in [0.2, 0.25) is 0 Å². The molecule has 1 aliphatic rings. The Labute approximate surface area is 129 Å². The lowest BCUT2D eigenvalue weighted by Crippen LogP contribution is -2.54. The van der Waals surface area contributed by atoms with Crippen molar-refractivity contribution in [2.75, 3.05) is 21.2 Å². The van der Waals surface area contributed by atoms with Gasteiger partial charge in [0.15, 0.2) is 0 Å². The normalized spacial score (nSPS) is 27.7. The van der Waals surface area contributed by atoms with Gasteiger partial charge in [-0.05, 0) is 45.8 Å². The topological polar surface area (TPSA) is 38.5 Å². The second-order valence-electron chi connectivity index (χ2n) is 6.92. The van der Waals surface area contributed by atoms with Crippen LogP contribution in [0.5, 0.6) is 5.75 Å². The molecule has 0 radical (unpaired) electrons. The number of hydrogen-bond acceptors (Lipinski definition) is 3. The molecule has 0 bridgehead atoms. The molecule has 0 spiro atoms. The van der Waals surface area contributed by atoms with Crippen molar-refractivity contribution in [2.45, 2.75) is 51.1 Å². The Hall–Kier alpha value is -1.06. The van der Waals surface area contributed by atoms with Gasteiger partial charge in [-0.3, -0.25) is 0 Å². The molecule has 1 aromatic rings. The highest BCUT2D eigenvalue weighted by Gasteiger charge is 2.43. The Morgan fingerprint density at radius 3 is 2.67 bits per heavy atom. The fourth-order valence-corrected chi connectivity index (χ4v) is 3.92. The first-order chi connectivity index (χ1) is 9.90. The zero-order chi connectivity index (χ0) is 15.6. The molecule has 21 heavy (non-hydrogen) atoms. The summed E-state index contributed by atoms with van der Waals surface area (Å²) < 4.78 is 5.57. The van der Waals surface area contributed by atoms with Gasteiger partial charge in [0.05, 0.1) is 13.2 Å². The first kappa shape index (κ1) is 16.3. The molecule has 2 rings (SSSR count). The van der Waals surface area contributed by atoms with E-state index < -0.39 is 0 Å². The molecule has 2 N–H and O–H groups in total. The quantitative estimate of drug-likeness (QED) is 0.922. The van der Waals surface area contributed by atoms with E-state index in [4.69, 9.17) is 10.5 Å². The molecule has 0 saturated heterocycles. The average Bonchev–Trinajstić information content (AvgIpc) is 2.46. The highest BCUT2D eigenvalue weighted by Crippen LogP contribution is 2.44. The molecule has 1 fully saturated rings. The van der Waals surface area contributed by atoms with Crippen molar-refractivity contribution in [1.29, 1.82) is 0 Å². The van der Waals surface area contributed by atoms with Crippen LogP contribution in [-0.4, -0.2) is 31.6 Å². The Morgan fingerprint density at radius 1 is 1.38 bits per heavy atom. The molecule has 0 heterocycles. The van der Waals surface area contributed by atoms with Crippen molar-refractivity contribution in [3.05, 3.63) is 29.3 Å². The van der Waals surface area contributed by atoms with Crippen molar-refractivity contribution in [2.24, 2.45) is 11.7 Å². The van der Waals surface area contributed by atoms with Crippen LogP contribution in [-0.2, 0) is 0 Å². The molecule has 1 saturated carbocycles. The van der Waals surface area contributed by atoms with Gasteiger partial charge in [-0.25, -0.2) is 0 Å². The summed E-state index contributed by atoms with van der Waals surface area (Å²) in [5.74, 6) is 1.63. The third-order valence-electron chi connectivity index (χ3n) is 5.20. The van der Waals surface area contributed by atoms with Gasteiger partial charge in [0.1, 0.15) is 5.75 Å². The van der Waals surface area contributed by atoms with Crippen LogP contribution in [0.25, 0.3) is 0 Å². The zero-order valence-corrected chi connectivity index (χ0v) is 14.1. The van der Waals surface area contributed by atoms with Crippen molar-refractivity contribution >= 4 is 0 Å². The van der Waals surface area contributed by atoms with E-state index in [0.717, 1.165) is 30.1 Å². The highest BCUT2D eigenvalue weighted by molar-refractivity contribution is 5.41. The maximum absolute atomic E-state index is 6.79. The predicted molar refractivity (Wildman–Crippen MR) is 88.7 cm³/mol. The predicted octanol–water partition coefficient (Wildman–Crippen LogP) is 3.51. The van der Waals surface area contributed by atoms with Gasteiger partial charge in [-0.15, -0.1) is 0 Å². The van der Waals surface area contributed by atoms with Crippen LogP contribution in [0.4, 0.5) is 0 Å². The molecule has 0 aromatic heterocycles. The third kappa shape index (κ3) is 3.09. The van der Waals surface area contributed by atoms with Crippen molar-refractivity contribution in [3.63, 3.8) is 0 Å². The van der Waals surface area contributed by atoms with Crippen molar-refractivity contribution in [1.82, 2.24) is 4.90 Å². The van der Waals surface area contributed by atoms with Gasteiger partial charge in [0.25, 0.3) is 0 Å². The van der Waals surface area contributed by atoms with E-state index in [0.29, 0.717) is 0 Å². The average molecular weight is 290 g/mol. The first-order valence-electron chi connectivity index (χ1n) is 7.98. The van der Waals surface area contributed by atoms with E-state index in [1.165, 1.54) is 18.4 Å². The van der Waals surface area contributed by atoms with E-state index in [1.54, 1.807) is 7.11 Å². The van der Waals surface area contributed by atoms with E-state index in [2.05, 4.69) is 45.0 Å². The molecule has 3 heteroatoms. The molecule has 0 aliphatic heterocycles. The Morgan fingerprint density at radius 2 is 2.10 bits per heavy atom. The third-order valence-corrected chi connectivity index (χ3v) is 5.20. The number of rotatable bonds is 4. The summed E-state index contributed by atoms with van der Waals surface area (Å²) in [4.78, 5) is 2.34. The minimum atomic E-state index is -0.0231. The molecule has 118 valence electrons. The lowest BCUT2D eigenvalue weighted by Gasteiger charge is -2.49. The molecular weight excluding hydrogens is 260 g/mol. The molecule has 1 aliphatic carbocycles. The fourth-order valence-electron chi connectivity index (χ4n) is 3.92. The zero-order valence-electron chi connectivity index (χ0n) is 14.1. The van der Waals surface area contributed by atoms with Crippen LogP contribution >= 0.6 is 0 Å². The molecule has 1 aromatic carbocycles. The van der Waals surface area contributed by atoms with Gasteiger partial charge in [-0.2, -0.15) is 0 Å². The second-order valence-corrected chi connectivity index (χ2v) is 6.92. The summed E-state index contributed by atoms with van der Waals surface area (Å²) in [6.07, 6.45) is 4.87. The van der Waals surface area contributed by atoms with Gasteiger partial charge in [-0.1, -0.05) is 37.5 Å². The van der Waals surface area contributed by atoms with Crippen LogP contribution in [0.3, 0.4) is 0 Å². The lowest BCUT2D eigenvalue weighted by atomic mass is 9.69. The maximum Gasteiger partial charge on any atom is 0.123 e. The van der Waals surface area contributed by atoms with E-state index >= 15 is 0 Å². The smallest absolute Gasteiger partial charge is 0.123 e. The van der Waals surface area contributed by atoms with E-state index in [-0.39, 0.29) is 11.6 Å². The number of nitrogens with two attached hydrogens (primary N) is 1. The number of likely N-dealkylation sites (N-methyl/N-ethyl adjacent to an activating group) is 1. The number of nitrogens with zero attached hydrogens (tertiary/aromatic N) is 1. The minimum absolute atomic E-state index is 0.0231. The van der Waals surface area contributed by atoms with Gasteiger partial charge >= 0.3 is 0 Å². The van der Waals surface area contributed by atoms with Crippen LogP contribution < -0.4 is 10.5 Å². The minimum Gasteiger partial charge on any atom is -0.496 e. The molecule has 0 amide bonds. The summed E-state index contributed by atoms with van der Waals surface area (Å²) in [5.41, 5.74) is 9.19. The molecular formula is C18H30N2O. The number of ether oxygens (including phenoxy) is 1. The van der Waals surface area contributed by atoms with Crippen LogP contribution in [0.15, 0.2) is 18.2 Å². The second kappa shape index (κ2) is 6.37. The maximum atomic E-state index is 6.79. The summed E-state index contributed by atoms with van der Waals surface area (Å²) in [6, 6.07) is 6.29. The largest absolute Gasteiger partial charge is 0.496 e. The highest BCUT2D eigenvalue weighted by atomic mass is 16.5. The Bertz CT molecular complexity index is 486. The fraction of sp³-hybridized carbons (Fsp3) is 0.667. The van der Waals surface area contributed by atoms with Crippen LogP contribution in [0.1, 0.15) is 49.8 Å². The standard InChI is InChI=1S/C18H30N2O/c1-13-8-9-16(21-5)15(11-13)17(19)18(20(3)4)10-6-7-14(2)12-18/h8-9,11,14,17H,6-7,10,12,19H2,1-5H3. The van der Waals surface area contributed by atoms with E-state index in [1.807, 2.05) is 6.07 Å². The van der Waals surface area contributed by atoms with Crippen LogP contribution in [0, 0.1) is 12.8 Å². The lowest BCUT2D eigenvalue weighted by molar-refractivity contribution is 0.0492. The Balaban J connectivity index is 2.43. The summed E-state index contributed by atoms with van der Waals surface area (Å²) >= 11 is 0. The van der Waals surface area contributed by atoms with E-state index in [9.17, 15) is 0 Å². The molecule has 3 unspecified atom stereocenters. The molecule has 3 nitrogen and oxygen atoms in total. The number of benzene rings is 1. The first-order valence-corrected chi connectivity index (χ1v) is 7.98. The summed E-state index contributed by atoms with van der Waals surface area (Å²) in [7, 11) is 6.06. The van der Waals surface area contributed by atoms with Crippen molar-refractivity contribution in [3.8, 4) is 5.75 Å².